The van der Waals surface area contributed by atoms with Gasteiger partial charge < -0.3 is 10.4 Å². The van der Waals surface area contributed by atoms with Gasteiger partial charge in [-0.3, -0.25) is 0 Å². The lowest BCUT2D eigenvalue weighted by molar-refractivity contribution is 0.158. The fraction of sp³-hybridized carbons (Fsp3) is 1.00. The van der Waals surface area contributed by atoms with Crippen LogP contribution in [0.3, 0.4) is 0 Å². The molecule has 0 aliphatic heterocycles. The van der Waals surface area contributed by atoms with E-state index in [-0.39, 0.29) is 6.10 Å². The SMILES string of the molecule is CCCCCCCCCCCCNCC(O)CCCCCC. The van der Waals surface area contributed by atoms with E-state index in [1.807, 2.05) is 0 Å². The van der Waals surface area contributed by atoms with E-state index < -0.39 is 0 Å². The monoisotopic (exact) mass is 313 g/mol. The first-order chi connectivity index (χ1) is 10.8. The molecule has 0 aromatic heterocycles. The summed E-state index contributed by atoms with van der Waals surface area (Å²) in [6, 6.07) is 0. The number of hydrogen-bond acceptors (Lipinski definition) is 2. The van der Waals surface area contributed by atoms with Gasteiger partial charge in [-0.2, -0.15) is 0 Å². The van der Waals surface area contributed by atoms with Crippen molar-refractivity contribution in [3.05, 3.63) is 0 Å². The molecular formula is C20H43NO. The summed E-state index contributed by atoms with van der Waals surface area (Å²) in [6.45, 7) is 6.36. The Balaban J connectivity index is 3.07. The summed E-state index contributed by atoms with van der Waals surface area (Å²) in [6.07, 6.45) is 19.7. The van der Waals surface area contributed by atoms with Gasteiger partial charge >= 0.3 is 0 Å². The summed E-state index contributed by atoms with van der Waals surface area (Å²) in [5, 5.41) is 13.2. The lowest BCUT2D eigenvalue weighted by Crippen LogP contribution is -2.27. The second-order valence-corrected chi connectivity index (χ2v) is 6.89. The van der Waals surface area contributed by atoms with Crippen LogP contribution in [0.15, 0.2) is 0 Å². The molecule has 0 aliphatic carbocycles. The lowest BCUT2D eigenvalue weighted by atomic mass is 10.1. The molecule has 134 valence electrons. The van der Waals surface area contributed by atoms with Gasteiger partial charge in [0.2, 0.25) is 0 Å². The first-order valence-corrected chi connectivity index (χ1v) is 10.2. The molecule has 0 aromatic carbocycles. The molecule has 0 bridgehead atoms. The van der Waals surface area contributed by atoms with E-state index in [0.29, 0.717) is 0 Å². The molecule has 0 heterocycles. The van der Waals surface area contributed by atoms with E-state index in [0.717, 1.165) is 19.5 Å². The fourth-order valence-electron chi connectivity index (χ4n) is 2.91. The number of aliphatic hydroxyl groups excluding tert-OH is 1. The third-order valence-electron chi connectivity index (χ3n) is 4.48. The minimum Gasteiger partial charge on any atom is -0.392 e. The molecule has 22 heavy (non-hydrogen) atoms. The van der Waals surface area contributed by atoms with Crippen molar-refractivity contribution in [3.63, 3.8) is 0 Å². The summed E-state index contributed by atoms with van der Waals surface area (Å²) in [5.41, 5.74) is 0. The number of unbranched alkanes of at least 4 members (excludes halogenated alkanes) is 12. The molecule has 0 rings (SSSR count). The smallest absolute Gasteiger partial charge is 0.0664 e. The Morgan fingerprint density at radius 2 is 1.09 bits per heavy atom. The molecule has 0 aliphatic rings. The van der Waals surface area contributed by atoms with Crippen molar-refractivity contribution in [2.24, 2.45) is 0 Å². The zero-order valence-electron chi connectivity index (χ0n) is 15.5. The second kappa shape index (κ2) is 19.0. The normalized spacial score (nSPS) is 12.7. The van der Waals surface area contributed by atoms with E-state index in [2.05, 4.69) is 19.2 Å². The van der Waals surface area contributed by atoms with Crippen LogP contribution in [0.4, 0.5) is 0 Å². The average Bonchev–Trinajstić information content (AvgIpc) is 2.52. The number of rotatable bonds is 18. The molecule has 0 amide bonds. The predicted octanol–water partition coefficient (Wildman–Crippen LogP) is 5.83. The summed E-state index contributed by atoms with van der Waals surface area (Å²) in [5.74, 6) is 0. The van der Waals surface area contributed by atoms with Crippen LogP contribution in [-0.4, -0.2) is 24.3 Å². The fourth-order valence-corrected chi connectivity index (χ4v) is 2.91. The molecule has 2 N–H and O–H groups in total. The van der Waals surface area contributed by atoms with Gasteiger partial charge in [0.1, 0.15) is 0 Å². The van der Waals surface area contributed by atoms with Gasteiger partial charge in [0.25, 0.3) is 0 Å². The molecule has 2 nitrogen and oxygen atoms in total. The van der Waals surface area contributed by atoms with E-state index in [4.69, 9.17) is 0 Å². The molecule has 1 unspecified atom stereocenters. The van der Waals surface area contributed by atoms with Crippen LogP contribution in [0.5, 0.6) is 0 Å². The van der Waals surface area contributed by atoms with Crippen LogP contribution in [0.1, 0.15) is 110 Å². The Labute approximate surface area is 140 Å². The maximum Gasteiger partial charge on any atom is 0.0664 e. The van der Waals surface area contributed by atoms with Crippen LogP contribution in [-0.2, 0) is 0 Å². The molecule has 1 atom stereocenters. The quantitative estimate of drug-likeness (QED) is 0.312. The standard InChI is InChI=1S/C20H43NO/c1-3-5-7-9-10-11-12-13-14-16-18-21-19-20(22)17-15-8-6-4-2/h20-22H,3-19H2,1-2H3. The van der Waals surface area contributed by atoms with Gasteiger partial charge in [-0.05, 0) is 19.4 Å². The minimum absolute atomic E-state index is 0.139. The van der Waals surface area contributed by atoms with Crippen LogP contribution in [0, 0.1) is 0 Å². The van der Waals surface area contributed by atoms with Crippen molar-refractivity contribution < 1.29 is 5.11 Å². The van der Waals surface area contributed by atoms with Crippen molar-refractivity contribution in [1.82, 2.24) is 5.32 Å². The second-order valence-electron chi connectivity index (χ2n) is 6.89. The molecule has 0 fully saturated rings. The lowest BCUT2D eigenvalue weighted by Gasteiger charge is -2.11. The summed E-state index contributed by atoms with van der Waals surface area (Å²) < 4.78 is 0. The first kappa shape index (κ1) is 21.9. The Kier molecular flexibility index (Phi) is 18.9. The topological polar surface area (TPSA) is 32.3 Å². The largest absolute Gasteiger partial charge is 0.392 e. The maximum absolute atomic E-state index is 9.85. The van der Waals surface area contributed by atoms with Gasteiger partial charge in [0.05, 0.1) is 6.10 Å². The van der Waals surface area contributed by atoms with Crippen LogP contribution in [0.25, 0.3) is 0 Å². The van der Waals surface area contributed by atoms with Gasteiger partial charge in [-0.1, -0.05) is 97.3 Å². The third-order valence-corrected chi connectivity index (χ3v) is 4.48. The molecular weight excluding hydrogens is 270 g/mol. The molecule has 0 spiro atoms. The van der Waals surface area contributed by atoms with Crippen molar-refractivity contribution in [1.29, 1.82) is 0 Å². The van der Waals surface area contributed by atoms with E-state index in [1.165, 1.54) is 89.9 Å². The average molecular weight is 314 g/mol. The number of hydrogen-bond donors (Lipinski definition) is 2. The highest BCUT2D eigenvalue weighted by Crippen LogP contribution is 2.10. The van der Waals surface area contributed by atoms with Crippen LogP contribution >= 0.6 is 0 Å². The third kappa shape index (κ3) is 18.0. The number of nitrogens with one attached hydrogen (secondary N) is 1. The summed E-state index contributed by atoms with van der Waals surface area (Å²) in [7, 11) is 0. The Hall–Kier alpha value is -0.0800. The van der Waals surface area contributed by atoms with E-state index >= 15 is 0 Å². The molecule has 0 saturated carbocycles. The van der Waals surface area contributed by atoms with Crippen LogP contribution in [0.2, 0.25) is 0 Å². The van der Waals surface area contributed by atoms with Gasteiger partial charge in [-0.15, -0.1) is 0 Å². The predicted molar refractivity (Wildman–Crippen MR) is 99.5 cm³/mol. The highest BCUT2D eigenvalue weighted by atomic mass is 16.3. The van der Waals surface area contributed by atoms with Gasteiger partial charge in [0, 0.05) is 6.54 Å². The molecule has 0 saturated heterocycles. The van der Waals surface area contributed by atoms with Crippen molar-refractivity contribution >= 4 is 0 Å². The zero-order chi connectivity index (χ0) is 16.3. The zero-order valence-corrected chi connectivity index (χ0v) is 15.5. The van der Waals surface area contributed by atoms with E-state index in [9.17, 15) is 5.11 Å². The molecule has 2 heteroatoms. The van der Waals surface area contributed by atoms with Crippen molar-refractivity contribution in [2.75, 3.05) is 13.1 Å². The van der Waals surface area contributed by atoms with Gasteiger partial charge in [-0.25, -0.2) is 0 Å². The first-order valence-electron chi connectivity index (χ1n) is 10.2. The van der Waals surface area contributed by atoms with Gasteiger partial charge in [0.15, 0.2) is 0 Å². The van der Waals surface area contributed by atoms with Crippen molar-refractivity contribution in [3.8, 4) is 0 Å². The number of aliphatic hydroxyl groups is 1. The summed E-state index contributed by atoms with van der Waals surface area (Å²) >= 11 is 0. The van der Waals surface area contributed by atoms with E-state index in [1.54, 1.807) is 0 Å². The molecule has 0 aromatic rings. The Bertz CT molecular complexity index is 196. The highest BCUT2D eigenvalue weighted by Gasteiger charge is 2.02. The Morgan fingerprint density at radius 3 is 1.64 bits per heavy atom. The maximum atomic E-state index is 9.85. The Morgan fingerprint density at radius 1 is 0.636 bits per heavy atom. The highest BCUT2D eigenvalue weighted by molar-refractivity contribution is 4.60. The van der Waals surface area contributed by atoms with Crippen molar-refractivity contribution in [2.45, 2.75) is 116 Å². The minimum atomic E-state index is -0.139. The summed E-state index contributed by atoms with van der Waals surface area (Å²) in [4.78, 5) is 0. The van der Waals surface area contributed by atoms with Crippen LogP contribution < -0.4 is 5.32 Å². The molecule has 0 radical (unpaired) electrons.